The van der Waals surface area contributed by atoms with Gasteiger partial charge in [0.2, 0.25) is 11.8 Å². The van der Waals surface area contributed by atoms with Crippen molar-refractivity contribution in [3.8, 4) is 0 Å². The summed E-state index contributed by atoms with van der Waals surface area (Å²) in [6.45, 7) is 2.97. The number of hydrogen-bond donors (Lipinski definition) is 4. The molecule has 1 unspecified atom stereocenters. The lowest BCUT2D eigenvalue weighted by atomic mass is 10.3. The molecule has 0 saturated heterocycles. The SMILES string of the molecule is Cc1nc(NN)nc(NC(C)CO)c1[N+](=O)[O-]. The first-order chi connectivity index (χ1) is 7.99. The van der Waals surface area contributed by atoms with Crippen LogP contribution < -0.4 is 16.6 Å². The van der Waals surface area contributed by atoms with Crippen LogP contribution in [0, 0.1) is 17.0 Å². The lowest BCUT2D eigenvalue weighted by molar-refractivity contribution is -0.385. The molecule has 0 aliphatic rings. The normalized spacial score (nSPS) is 12.0. The van der Waals surface area contributed by atoms with Crippen LogP contribution in [0.4, 0.5) is 17.5 Å². The van der Waals surface area contributed by atoms with E-state index in [-0.39, 0.29) is 35.8 Å². The number of aliphatic hydroxyl groups is 1. The molecule has 0 saturated carbocycles. The van der Waals surface area contributed by atoms with Gasteiger partial charge in [-0.1, -0.05) is 0 Å². The highest BCUT2D eigenvalue weighted by atomic mass is 16.6. The monoisotopic (exact) mass is 242 g/mol. The average molecular weight is 242 g/mol. The zero-order valence-corrected chi connectivity index (χ0v) is 9.47. The largest absolute Gasteiger partial charge is 0.394 e. The van der Waals surface area contributed by atoms with Gasteiger partial charge >= 0.3 is 5.69 Å². The van der Waals surface area contributed by atoms with Crippen LogP contribution in [0.25, 0.3) is 0 Å². The standard InChI is InChI=1S/C8H14N6O3/c1-4(3-15)10-7-6(14(16)17)5(2)11-8(12-7)13-9/h4,15H,3,9H2,1-2H3,(H2,10,11,12,13). The van der Waals surface area contributed by atoms with Crippen LogP contribution in [-0.2, 0) is 0 Å². The Morgan fingerprint density at radius 3 is 2.71 bits per heavy atom. The maximum Gasteiger partial charge on any atom is 0.332 e. The van der Waals surface area contributed by atoms with Gasteiger partial charge in [-0.3, -0.25) is 15.5 Å². The molecule has 0 aromatic carbocycles. The van der Waals surface area contributed by atoms with Crippen LogP contribution in [-0.4, -0.2) is 32.6 Å². The quantitative estimate of drug-likeness (QED) is 0.315. The molecule has 9 nitrogen and oxygen atoms in total. The Morgan fingerprint density at radius 1 is 1.59 bits per heavy atom. The number of nitrogen functional groups attached to an aromatic ring is 1. The highest BCUT2D eigenvalue weighted by Crippen LogP contribution is 2.26. The lowest BCUT2D eigenvalue weighted by Crippen LogP contribution is -2.22. The molecule has 0 aliphatic heterocycles. The Morgan fingerprint density at radius 2 is 2.24 bits per heavy atom. The number of hydrogen-bond acceptors (Lipinski definition) is 8. The zero-order chi connectivity index (χ0) is 13.0. The summed E-state index contributed by atoms with van der Waals surface area (Å²) in [4.78, 5) is 18.0. The fourth-order valence-corrected chi connectivity index (χ4v) is 1.23. The summed E-state index contributed by atoms with van der Waals surface area (Å²) >= 11 is 0. The Bertz CT molecular complexity index is 424. The van der Waals surface area contributed by atoms with E-state index in [0.717, 1.165) is 0 Å². The number of nitro groups is 1. The smallest absolute Gasteiger partial charge is 0.332 e. The minimum atomic E-state index is -0.581. The molecule has 1 aromatic heterocycles. The Labute approximate surface area is 97.2 Å². The molecule has 5 N–H and O–H groups in total. The molecule has 9 heteroatoms. The summed E-state index contributed by atoms with van der Waals surface area (Å²) in [6, 6.07) is -0.367. The summed E-state index contributed by atoms with van der Waals surface area (Å²) in [5.41, 5.74) is 2.17. The van der Waals surface area contributed by atoms with E-state index in [1.165, 1.54) is 6.92 Å². The van der Waals surface area contributed by atoms with Crippen LogP contribution in [0.15, 0.2) is 0 Å². The Kier molecular flexibility index (Phi) is 4.12. The number of aromatic nitrogens is 2. The van der Waals surface area contributed by atoms with Gasteiger partial charge in [0.15, 0.2) is 0 Å². The molecular formula is C8H14N6O3. The van der Waals surface area contributed by atoms with E-state index in [4.69, 9.17) is 10.9 Å². The first-order valence-electron chi connectivity index (χ1n) is 4.86. The minimum absolute atomic E-state index is 0.0250. The van der Waals surface area contributed by atoms with Crippen LogP contribution in [0.3, 0.4) is 0 Å². The van der Waals surface area contributed by atoms with Gasteiger partial charge in [-0.2, -0.15) is 4.98 Å². The maximum absolute atomic E-state index is 10.9. The Hall–Kier alpha value is -2.00. The predicted octanol–water partition coefficient (Wildman–Crippen LogP) is -0.228. The summed E-state index contributed by atoms with van der Waals surface area (Å²) in [5, 5.41) is 22.5. The van der Waals surface area contributed by atoms with Crippen molar-refractivity contribution < 1.29 is 10.0 Å². The van der Waals surface area contributed by atoms with Gasteiger partial charge in [0.05, 0.1) is 11.5 Å². The number of aryl methyl sites for hydroxylation is 1. The van der Waals surface area contributed by atoms with Gasteiger partial charge < -0.3 is 10.4 Å². The van der Waals surface area contributed by atoms with E-state index < -0.39 is 4.92 Å². The molecule has 94 valence electrons. The summed E-state index contributed by atoms with van der Waals surface area (Å²) in [7, 11) is 0. The van der Waals surface area contributed by atoms with Crippen molar-refractivity contribution in [1.82, 2.24) is 9.97 Å². The molecule has 1 atom stereocenters. The third kappa shape index (κ3) is 2.98. The number of nitrogens with zero attached hydrogens (tertiary/aromatic N) is 3. The van der Waals surface area contributed by atoms with Crippen LogP contribution >= 0.6 is 0 Å². The van der Waals surface area contributed by atoms with E-state index in [1.807, 2.05) is 0 Å². The Balaban J connectivity index is 3.22. The molecule has 1 rings (SSSR count). The van der Waals surface area contributed by atoms with Crippen molar-refractivity contribution >= 4 is 17.5 Å². The van der Waals surface area contributed by atoms with Crippen molar-refractivity contribution in [3.05, 3.63) is 15.8 Å². The predicted molar refractivity (Wildman–Crippen MR) is 61.4 cm³/mol. The number of hydrazine groups is 1. The lowest BCUT2D eigenvalue weighted by Gasteiger charge is -2.13. The van der Waals surface area contributed by atoms with Crippen molar-refractivity contribution in [1.29, 1.82) is 0 Å². The van der Waals surface area contributed by atoms with Crippen LogP contribution in [0.2, 0.25) is 0 Å². The number of aliphatic hydroxyl groups excluding tert-OH is 1. The van der Waals surface area contributed by atoms with E-state index in [0.29, 0.717) is 0 Å². The molecule has 0 radical (unpaired) electrons. The highest BCUT2D eigenvalue weighted by molar-refractivity contribution is 5.61. The second-order valence-electron chi connectivity index (χ2n) is 3.46. The topological polar surface area (TPSA) is 139 Å². The highest BCUT2D eigenvalue weighted by Gasteiger charge is 2.22. The fraction of sp³-hybridized carbons (Fsp3) is 0.500. The van der Waals surface area contributed by atoms with E-state index in [9.17, 15) is 10.1 Å². The molecule has 0 fully saturated rings. The second-order valence-corrected chi connectivity index (χ2v) is 3.46. The molecule has 1 aromatic rings. The number of nitrogens with two attached hydrogens (primary N) is 1. The third-order valence-electron chi connectivity index (χ3n) is 2.03. The van der Waals surface area contributed by atoms with Crippen molar-refractivity contribution in [2.45, 2.75) is 19.9 Å². The number of rotatable bonds is 5. The van der Waals surface area contributed by atoms with Gasteiger partial charge in [-0.15, -0.1) is 0 Å². The van der Waals surface area contributed by atoms with Crippen molar-refractivity contribution in [2.24, 2.45) is 5.84 Å². The van der Waals surface area contributed by atoms with Crippen LogP contribution in [0.1, 0.15) is 12.6 Å². The summed E-state index contributed by atoms with van der Waals surface area (Å²) in [6.07, 6.45) is 0. The number of anilines is 2. The summed E-state index contributed by atoms with van der Waals surface area (Å²) in [5.74, 6) is 5.25. The zero-order valence-electron chi connectivity index (χ0n) is 9.47. The van der Waals surface area contributed by atoms with Gasteiger partial charge in [0.1, 0.15) is 5.69 Å². The maximum atomic E-state index is 10.9. The third-order valence-corrected chi connectivity index (χ3v) is 2.03. The molecule has 0 bridgehead atoms. The van der Waals surface area contributed by atoms with Gasteiger partial charge in [-0.25, -0.2) is 10.8 Å². The molecule has 0 aliphatic carbocycles. The first-order valence-corrected chi connectivity index (χ1v) is 4.86. The number of nitrogens with one attached hydrogen (secondary N) is 2. The van der Waals surface area contributed by atoms with Crippen molar-refractivity contribution in [2.75, 3.05) is 17.3 Å². The molecule has 0 amide bonds. The average Bonchev–Trinajstić information content (AvgIpc) is 2.27. The van der Waals surface area contributed by atoms with Gasteiger partial charge in [0.25, 0.3) is 0 Å². The molecule has 17 heavy (non-hydrogen) atoms. The van der Waals surface area contributed by atoms with Crippen molar-refractivity contribution in [3.63, 3.8) is 0 Å². The van der Waals surface area contributed by atoms with Crippen LogP contribution in [0.5, 0.6) is 0 Å². The van der Waals surface area contributed by atoms with Gasteiger partial charge in [-0.05, 0) is 13.8 Å². The van der Waals surface area contributed by atoms with Gasteiger partial charge in [0, 0.05) is 6.04 Å². The van der Waals surface area contributed by atoms with E-state index in [1.54, 1.807) is 6.92 Å². The first kappa shape index (κ1) is 13.1. The second kappa shape index (κ2) is 5.37. The summed E-state index contributed by atoms with van der Waals surface area (Å²) < 4.78 is 0. The van der Waals surface area contributed by atoms with E-state index >= 15 is 0 Å². The van der Waals surface area contributed by atoms with E-state index in [2.05, 4.69) is 20.7 Å². The molecular weight excluding hydrogens is 228 g/mol. The fourth-order valence-electron chi connectivity index (χ4n) is 1.23. The minimum Gasteiger partial charge on any atom is -0.394 e. The molecule has 0 spiro atoms. The molecule has 1 heterocycles.